The minimum Gasteiger partial charge on any atom is -0.477 e. The highest BCUT2D eigenvalue weighted by Crippen LogP contribution is 2.46. The summed E-state index contributed by atoms with van der Waals surface area (Å²) in [5, 5.41) is 11.2. The first-order valence-electron chi connectivity index (χ1n) is 19.1. The van der Waals surface area contributed by atoms with E-state index >= 15 is 0 Å². The first kappa shape index (κ1) is 43.4. The Morgan fingerprint density at radius 2 is 0.800 bits per heavy atom. The van der Waals surface area contributed by atoms with Gasteiger partial charge in [0.05, 0.1) is 64.0 Å². The van der Waals surface area contributed by atoms with E-state index in [-0.39, 0.29) is 43.6 Å². The highest BCUT2D eigenvalue weighted by molar-refractivity contribution is 6.42. The van der Waals surface area contributed by atoms with Crippen LogP contribution in [-0.4, -0.2) is 50.1 Å². The van der Waals surface area contributed by atoms with Crippen LogP contribution in [0.4, 0.5) is 0 Å². The van der Waals surface area contributed by atoms with Crippen LogP contribution >= 0.6 is 46.4 Å². The lowest BCUT2D eigenvalue weighted by molar-refractivity contribution is -0.290. The number of ether oxygens (including phenoxy) is 5. The molecule has 12 heteroatoms. The Hall–Kier alpha value is -4.74. The maximum absolute atomic E-state index is 13.1. The Bertz CT molecular complexity index is 2320. The number of carboxylic acid groups (broad SMARTS) is 1. The summed E-state index contributed by atoms with van der Waals surface area (Å²) in [6.45, 7) is 2.58. The topological polar surface area (TPSA) is 101 Å². The highest BCUT2D eigenvalue weighted by atomic mass is 35.5. The van der Waals surface area contributed by atoms with Crippen LogP contribution in [0.25, 0.3) is 0 Å². The van der Waals surface area contributed by atoms with Crippen LogP contribution in [0.3, 0.4) is 0 Å². The molecule has 1 N–H and O–H groups in total. The molecule has 2 aliphatic heterocycles. The minimum absolute atomic E-state index is 0.119. The van der Waals surface area contributed by atoms with Crippen LogP contribution in [-0.2, 0) is 55.7 Å². The second-order valence-corrected chi connectivity index (χ2v) is 15.9. The van der Waals surface area contributed by atoms with Crippen LogP contribution < -0.4 is 0 Å². The summed E-state index contributed by atoms with van der Waals surface area (Å²) < 4.78 is 29.9. The van der Waals surface area contributed by atoms with E-state index in [2.05, 4.69) is 0 Å². The van der Waals surface area contributed by atoms with Gasteiger partial charge in [0.25, 0.3) is 11.6 Å². The second kappa shape index (κ2) is 18.5. The molecular weight excluding hydrogens is 846 g/mol. The number of carbonyl (C=O) groups excluding carboxylic acids is 1. The predicted octanol–water partition coefficient (Wildman–Crippen LogP) is 11.0. The minimum atomic E-state index is -1.96. The monoisotopic (exact) mass is 884 g/mol. The maximum Gasteiger partial charge on any atom is 0.372 e. The molecule has 8 nitrogen and oxygen atoms in total. The van der Waals surface area contributed by atoms with E-state index in [9.17, 15) is 14.7 Å². The Labute approximate surface area is 368 Å². The number of esters is 1. The molecule has 2 aliphatic rings. The zero-order valence-corrected chi connectivity index (χ0v) is 35.4. The smallest absolute Gasteiger partial charge is 0.372 e. The van der Waals surface area contributed by atoms with Crippen molar-refractivity contribution in [2.45, 2.75) is 29.3 Å². The summed E-state index contributed by atoms with van der Waals surface area (Å²) in [4.78, 5) is 25.3. The van der Waals surface area contributed by atoms with E-state index in [4.69, 9.17) is 70.1 Å². The Morgan fingerprint density at radius 3 is 1.10 bits per heavy atom. The van der Waals surface area contributed by atoms with Crippen molar-refractivity contribution < 1.29 is 38.4 Å². The van der Waals surface area contributed by atoms with Crippen LogP contribution in [0.5, 0.6) is 0 Å². The summed E-state index contributed by atoms with van der Waals surface area (Å²) in [5.74, 6) is -5.55. The molecule has 6 aromatic carbocycles. The first-order chi connectivity index (χ1) is 29.0. The molecule has 0 aromatic heterocycles. The van der Waals surface area contributed by atoms with Gasteiger partial charge in [0, 0.05) is 11.1 Å². The fourth-order valence-electron chi connectivity index (χ4n) is 7.54. The van der Waals surface area contributed by atoms with Crippen molar-refractivity contribution in [1.29, 1.82) is 0 Å². The fourth-order valence-corrected chi connectivity index (χ4v) is 8.13. The highest BCUT2D eigenvalue weighted by Gasteiger charge is 2.54. The van der Waals surface area contributed by atoms with Gasteiger partial charge in [0.15, 0.2) is 0 Å². The zero-order valence-electron chi connectivity index (χ0n) is 32.4. The van der Waals surface area contributed by atoms with Crippen molar-refractivity contribution in [2.75, 3.05) is 33.0 Å². The third-order valence-corrected chi connectivity index (χ3v) is 12.3. The lowest BCUT2D eigenvalue weighted by Crippen LogP contribution is -2.55. The molecule has 6 aromatic rings. The summed E-state index contributed by atoms with van der Waals surface area (Å²) in [6, 6.07) is 49.0. The number of hydrogen-bond acceptors (Lipinski definition) is 7. The van der Waals surface area contributed by atoms with E-state index in [1.165, 1.54) is 12.1 Å². The van der Waals surface area contributed by atoms with Gasteiger partial charge >= 0.3 is 11.9 Å². The quantitative estimate of drug-likeness (QED) is 0.143. The van der Waals surface area contributed by atoms with Crippen molar-refractivity contribution in [3.05, 3.63) is 211 Å². The molecule has 60 heavy (non-hydrogen) atoms. The summed E-state index contributed by atoms with van der Waals surface area (Å²) in [6.07, 6.45) is 0. The maximum atomic E-state index is 13.1. The van der Waals surface area contributed by atoms with Crippen molar-refractivity contribution in [3.8, 4) is 0 Å². The second-order valence-electron chi connectivity index (χ2n) is 14.3. The molecule has 0 aliphatic carbocycles. The van der Waals surface area contributed by atoms with Crippen molar-refractivity contribution >= 4 is 58.3 Å². The van der Waals surface area contributed by atoms with Gasteiger partial charge in [-0.2, -0.15) is 0 Å². The first-order valence-corrected chi connectivity index (χ1v) is 20.6. The average molecular weight is 887 g/mol. The number of halogens is 4. The molecule has 0 saturated carbocycles. The number of hydrogen-bond donors (Lipinski definition) is 1. The Morgan fingerprint density at radius 1 is 0.483 bits per heavy atom. The molecule has 2 heterocycles. The average Bonchev–Trinajstić information content (AvgIpc) is 3.29. The van der Waals surface area contributed by atoms with Gasteiger partial charge < -0.3 is 28.8 Å². The van der Waals surface area contributed by atoms with Gasteiger partial charge in [-0.15, -0.1) is 0 Å². The van der Waals surface area contributed by atoms with Crippen molar-refractivity contribution in [3.63, 3.8) is 0 Å². The molecular formula is C48H40Cl4O8. The van der Waals surface area contributed by atoms with E-state index in [0.717, 1.165) is 22.3 Å². The van der Waals surface area contributed by atoms with E-state index in [1.807, 2.05) is 121 Å². The largest absolute Gasteiger partial charge is 0.477 e. The van der Waals surface area contributed by atoms with Gasteiger partial charge in [-0.25, -0.2) is 9.59 Å². The predicted molar refractivity (Wildman–Crippen MR) is 232 cm³/mol. The SMILES string of the molecule is CCOC(=O)C1(c2ccc(Cl)c(Cl)c2)OCC(c2ccccc2)(c2ccccc2)CO1.O=C(O)C1(c2ccc(Cl)c(Cl)c2)OCC(c2ccccc2)(c2ccccc2)CO1. The normalized spacial score (nSPS) is 17.4. The summed E-state index contributed by atoms with van der Waals surface area (Å²) in [5.41, 5.74) is 3.54. The summed E-state index contributed by atoms with van der Waals surface area (Å²) in [7, 11) is 0. The molecule has 2 fully saturated rings. The van der Waals surface area contributed by atoms with Gasteiger partial charge in [-0.1, -0.05) is 180 Å². The third kappa shape index (κ3) is 8.32. The van der Waals surface area contributed by atoms with Crippen molar-refractivity contribution in [1.82, 2.24) is 0 Å². The van der Waals surface area contributed by atoms with Crippen LogP contribution in [0.15, 0.2) is 158 Å². The number of benzene rings is 6. The number of rotatable bonds is 9. The van der Waals surface area contributed by atoms with Gasteiger partial charge in [-0.05, 0) is 53.4 Å². The summed E-state index contributed by atoms with van der Waals surface area (Å²) >= 11 is 24.4. The number of carboxylic acids is 1. The van der Waals surface area contributed by atoms with Gasteiger partial charge in [0.2, 0.25) is 0 Å². The van der Waals surface area contributed by atoms with Crippen molar-refractivity contribution in [2.24, 2.45) is 0 Å². The fraction of sp³-hybridized carbons (Fsp3) is 0.208. The lowest BCUT2D eigenvalue weighted by Gasteiger charge is -2.45. The molecule has 0 atom stereocenters. The molecule has 0 bridgehead atoms. The van der Waals surface area contributed by atoms with Gasteiger partial charge in [0.1, 0.15) is 0 Å². The molecule has 0 radical (unpaired) electrons. The molecule has 0 amide bonds. The Balaban J connectivity index is 0.000000182. The standard InChI is InChI=1S/C25H22Cl2O4.C23H18Cl2O4/c1-2-29-23(28)25(20-13-14-21(26)22(27)15-20)30-16-24(17-31-25,18-9-5-3-6-10-18)19-11-7-4-8-12-19;24-19-12-11-18(13-20(19)25)23(21(26)27)28-14-22(15-29-23,16-7-3-1-4-8-16)17-9-5-2-6-10-17/h3-15H,2,16-17H2,1H3;1-13H,14-15H2,(H,26,27). The molecule has 0 spiro atoms. The third-order valence-electron chi connectivity index (χ3n) is 10.8. The van der Waals surface area contributed by atoms with E-state index in [1.54, 1.807) is 31.2 Å². The van der Waals surface area contributed by atoms with Crippen LogP contribution in [0.1, 0.15) is 40.3 Å². The lowest BCUT2D eigenvalue weighted by atomic mass is 9.75. The Kier molecular flexibility index (Phi) is 13.4. The zero-order chi connectivity index (χ0) is 42.4. The number of aliphatic carboxylic acids is 1. The van der Waals surface area contributed by atoms with Crippen LogP contribution in [0, 0.1) is 0 Å². The molecule has 0 unspecified atom stereocenters. The van der Waals surface area contributed by atoms with Crippen LogP contribution in [0.2, 0.25) is 20.1 Å². The molecule has 2 saturated heterocycles. The number of carbonyl (C=O) groups is 2. The molecule has 8 rings (SSSR count). The van der Waals surface area contributed by atoms with E-state index < -0.39 is 34.3 Å². The van der Waals surface area contributed by atoms with E-state index in [0.29, 0.717) is 20.6 Å². The molecule has 308 valence electrons. The van der Waals surface area contributed by atoms with Gasteiger partial charge in [-0.3, -0.25) is 0 Å².